The van der Waals surface area contributed by atoms with Crippen molar-refractivity contribution in [3.05, 3.63) is 12.2 Å². The Morgan fingerprint density at radius 1 is 1.53 bits per heavy atom. The summed E-state index contributed by atoms with van der Waals surface area (Å²) in [4.78, 5) is 13.3. The molecule has 0 aromatic heterocycles. The maximum Gasteiger partial charge on any atom is 0.261 e. The average Bonchev–Trinajstić information content (AvgIpc) is 2.29. The van der Waals surface area contributed by atoms with Gasteiger partial charge in [-0.05, 0) is 0 Å². The van der Waals surface area contributed by atoms with Crippen LogP contribution < -0.4 is 5.32 Å². The Balaban J connectivity index is 2.13. The largest absolute Gasteiger partial charge is 0.379 e. The van der Waals surface area contributed by atoms with Crippen molar-refractivity contribution in [3.63, 3.8) is 0 Å². The minimum Gasteiger partial charge on any atom is -0.379 e. The second-order valence-electron chi connectivity index (χ2n) is 3.30. The Labute approximate surface area is 89.3 Å². The zero-order chi connectivity index (χ0) is 11.1. The quantitative estimate of drug-likeness (QED) is 0.501. The van der Waals surface area contributed by atoms with Gasteiger partial charge in [-0.25, -0.2) is 0 Å². The van der Waals surface area contributed by atoms with Crippen LogP contribution in [0.3, 0.4) is 0 Å². The molecule has 0 atom stereocenters. The van der Waals surface area contributed by atoms with E-state index in [-0.39, 0.29) is 11.5 Å². The number of morpholine rings is 1. The first-order valence-corrected chi connectivity index (χ1v) is 4.91. The maximum absolute atomic E-state index is 11.1. The summed E-state index contributed by atoms with van der Waals surface area (Å²) in [5.74, 6) is -0.384. The number of nitrogens with one attached hydrogen (secondary N) is 1. The lowest BCUT2D eigenvalue weighted by Crippen LogP contribution is -2.41. The molecule has 1 amide bonds. The lowest BCUT2D eigenvalue weighted by Gasteiger charge is -2.26. The predicted molar refractivity (Wildman–Crippen MR) is 55.0 cm³/mol. The van der Waals surface area contributed by atoms with E-state index in [9.17, 15) is 4.79 Å². The molecule has 0 spiro atoms. The summed E-state index contributed by atoms with van der Waals surface area (Å²) in [6.07, 6.45) is 0. The van der Waals surface area contributed by atoms with Gasteiger partial charge < -0.3 is 10.1 Å². The first kappa shape index (κ1) is 11.7. The van der Waals surface area contributed by atoms with Gasteiger partial charge in [0.25, 0.3) is 5.91 Å². The van der Waals surface area contributed by atoms with E-state index < -0.39 is 0 Å². The van der Waals surface area contributed by atoms with Crippen LogP contribution in [0.4, 0.5) is 0 Å². The highest BCUT2D eigenvalue weighted by Crippen LogP contribution is 1.95. The second-order valence-corrected chi connectivity index (χ2v) is 3.30. The van der Waals surface area contributed by atoms with Crippen LogP contribution in [0.5, 0.6) is 0 Å². The molecule has 0 aromatic rings. The Bertz CT molecular complexity index is 277. The van der Waals surface area contributed by atoms with Crippen molar-refractivity contribution in [2.45, 2.75) is 0 Å². The van der Waals surface area contributed by atoms with Crippen LogP contribution in [0.15, 0.2) is 12.2 Å². The minimum atomic E-state index is -0.384. The van der Waals surface area contributed by atoms with Crippen LogP contribution in [0.1, 0.15) is 0 Å². The standard InChI is InChI=1S/C10H15N3O2/c1-9(8-11)10(14)12-2-3-13-4-6-15-7-5-13/h1-7H2,(H,12,14). The smallest absolute Gasteiger partial charge is 0.261 e. The van der Waals surface area contributed by atoms with Gasteiger partial charge in [-0.3, -0.25) is 9.69 Å². The SMILES string of the molecule is C=C(C#N)C(=O)NCCN1CCOCC1. The van der Waals surface area contributed by atoms with Gasteiger partial charge in [0.1, 0.15) is 11.6 Å². The van der Waals surface area contributed by atoms with E-state index in [0.717, 1.165) is 32.8 Å². The molecule has 15 heavy (non-hydrogen) atoms. The van der Waals surface area contributed by atoms with E-state index in [1.165, 1.54) is 0 Å². The molecule has 0 bridgehead atoms. The molecule has 0 unspecified atom stereocenters. The summed E-state index contributed by atoms with van der Waals surface area (Å²) in [6, 6.07) is 1.71. The number of ether oxygens (including phenoxy) is 1. The number of hydrogen-bond donors (Lipinski definition) is 1. The molecule has 1 rings (SSSR count). The third-order valence-corrected chi connectivity index (χ3v) is 2.23. The van der Waals surface area contributed by atoms with Crippen molar-refractivity contribution in [3.8, 4) is 6.07 Å². The summed E-state index contributed by atoms with van der Waals surface area (Å²) in [7, 11) is 0. The third kappa shape index (κ3) is 4.11. The van der Waals surface area contributed by atoms with Crippen molar-refractivity contribution < 1.29 is 9.53 Å². The number of nitrogens with zero attached hydrogens (tertiary/aromatic N) is 2. The molecule has 1 aliphatic heterocycles. The van der Waals surface area contributed by atoms with Crippen LogP contribution in [0, 0.1) is 11.3 Å². The topological polar surface area (TPSA) is 65.4 Å². The van der Waals surface area contributed by atoms with E-state index >= 15 is 0 Å². The molecule has 1 fully saturated rings. The van der Waals surface area contributed by atoms with Gasteiger partial charge >= 0.3 is 0 Å². The molecule has 82 valence electrons. The van der Waals surface area contributed by atoms with E-state index in [1.54, 1.807) is 6.07 Å². The van der Waals surface area contributed by atoms with Gasteiger partial charge in [0.2, 0.25) is 0 Å². The number of nitriles is 1. The van der Waals surface area contributed by atoms with Crippen LogP contribution >= 0.6 is 0 Å². The zero-order valence-corrected chi connectivity index (χ0v) is 8.66. The summed E-state index contributed by atoms with van der Waals surface area (Å²) in [5, 5.41) is 11.1. The highest BCUT2D eigenvalue weighted by atomic mass is 16.5. The second kappa shape index (κ2) is 6.17. The van der Waals surface area contributed by atoms with E-state index in [1.807, 2.05) is 0 Å². The highest BCUT2D eigenvalue weighted by Gasteiger charge is 2.10. The highest BCUT2D eigenvalue weighted by molar-refractivity contribution is 5.96. The summed E-state index contributed by atoms with van der Waals surface area (Å²) >= 11 is 0. The number of hydrogen-bond acceptors (Lipinski definition) is 4. The zero-order valence-electron chi connectivity index (χ0n) is 8.66. The fourth-order valence-electron chi connectivity index (χ4n) is 1.31. The Morgan fingerprint density at radius 3 is 2.80 bits per heavy atom. The molecular weight excluding hydrogens is 194 g/mol. The van der Waals surface area contributed by atoms with Crippen LogP contribution in [-0.2, 0) is 9.53 Å². The fourth-order valence-corrected chi connectivity index (χ4v) is 1.31. The lowest BCUT2D eigenvalue weighted by atomic mass is 10.3. The minimum absolute atomic E-state index is 0.0445. The monoisotopic (exact) mass is 209 g/mol. The van der Waals surface area contributed by atoms with E-state index in [4.69, 9.17) is 10.00 Å². The molecule has 0 radical (unpaired) electrons. The molecule has 0 saturated carbocycles. The van der Waals surface area contributed by atoms with E-state index in [2.05, 4.69) is 16.8 Å². The molecule has 0 aromatic carbocycles. The van der Waals surface area contributed by atoms with Gasteiger partial charge in [-0.2, -0.15) is 5.26 Å². The molecule has 5 heteroatoms. The third-order valence-electron chi connectivity index (χ3n) is 2.23. The molecule has 1 N–H and O–H groups in total. The van der Waals surface area contributed by atoms with Gasteiger partial charge in [-0.15, -0.1) is 0 Å². The predicted octanol–water partition coefficient (Wildman–Crippen LogP) is -0.485. The maximum atomic E-state index is 11.1. The van der Waals surface area contributed by atoms with Gasteiger partial charge in [-0.1, -0.05) is 6.58 Å². The Morgan fingerprint density at radius 2 is 2.20 bits per heavy atom. The summed E-state index contributed by atoms with van der Waals surface area (Å²) < 4.78 is 5.20. The number of amides is 1. The Hall–Kier alpha value is -1.38. The molecule has 1 aliphatic rings. The summed E-state index contributed by atoms with van der Waals surface area (Å²) in [5.41, 5.74) is -0.0445. The molecule has 1 saturated heterocycles. The average molecular weight is 209 g/mol. The van der Waals surface area contributed by atoms with Gasteiger partial charge in [0, 0.05) is 26.2 Å². The lowest BCUT2D eigenvalue weighted by molar-refractivity contribution is -0.117. The van der Waals surface area contributed by atoms with Crippen LogP contribution in [0.25, 0.3) is 0 Å². The van der Waals surface area contributed by atoms with Crippen LogP contribution in [-0.4, -0.2) is 50.2 Å². The summed E-state index contributed by atoms with van der Waals surface area (Å²) in [6.45, 7) is 7.95. The molecular formula is C10H15N3O2. The van der Waals surface area contributed by atoms with Gasteiger partial charge in [0.05, 0.1) is 13.2 Å². The van der Waals surface area contributed by atoms with Crippen molar-refractivity contribution in [2.75, 3.05) is 39.4 Å². The Kier molecular flexibility index (Phi) is 4.81. The van der Waals surface area contributed by atoms with Crippen molar-refractivity contribution in [1.29, 1.82) is 5.26 Å². The first-order valence-electron chi connectivity index (χ1n) is 4.91. The normalized spacial score (nSPS) is 16.7. The fraction of sp³-hybridized carbons (Fsp3) is 0.600. The van der Waals surface area contributed by atoms with Crippen molar-refractivity contribution in [2.24, 2.45) is 0 Å². The number of rotatable bonds is 4. The first-order chi connectivity index (χ1) is 7.24. The van der Waals surface area contributed by atoms with E-state index in [0.29, 0.717) is 6.54 Å². The molecule has 1 heterocycles. The van der Waals surface area contributed by atoms with Crippen molar-refractivity contribution in [1.82, 2.24) is 10.2 Å². The number of carbonyl (C=O) groups excluding carboxylic acids is 1. The molecule has 5 nitrogen and oxygen atoms in total. The van der Waals surface area contributed by atoms with Crippen LogP contribution in [0.2, 0.25) is 0 Å². The van der Waals surface area contributed by atoms with Gasteiger partial charge in [0.15, 0.2) is 0 Å². The van der Waals surface area contributed by atoms with Crippen molar-refractivity contribution >= 4 is 5.91 Å². The number of carbonyl (C=O) groups is 1. The molecule has 0 aliphatic carbocycles.